The van der Waals surface area contributed by atoms with E-state index >= 15 is 0 Å². The zero-order chi connectivity index (χ0) is 21.9. The molecule has 1 aliphatic rings. The molecule has 31 heavy (non-hydrogen) atoms. The molecule has 0 radical (unpaired) electrons. The highest BCUT2D eigenvalue weighted by Crippen LogP contribution is 2.41. The number of aromatic nitrogens is 1. The van der Waals surface area contributed by atoms with E-state index in [4.69, 9.17) is 4.42 Å². The van der Waals surface area contributed by atoms with Gasteiger partial charge in [0.15, 0.2) is 5.43 Å². The molecule has 0 unspecified atom stereocenters. The lowest BCUT2D eigenvalue weighted by Crippen LogP contribution is -2.30. The lowest BCUT2D eigenvalue weighted by Gasteiger charge is -2.24. The van der Waals surface area contributed by atoms with E-state index in [2.05, 4.69) is 4.98 Å². The highest BCUT2D eigenvalue weighted by molar-refractivity contribution is 6.10. The van der Waals surface area contributed by atoms with Crippen molar-refractivity contribution in [3.63, 3.8) is 0 Å². The SMILES string of the molecule is Cc1ccc(N2C(=O)c3oc4cc(C)c(C)cc4c(=O)c3[C@@H]2c2ccc(O)cc2)nc1. The van der Waals surface area contributed by atoms with Crippen molar-refractivity contribution in [1.29, 1.82) is 0 Å². The average molecular weight is 412 g/mol. The zero-order valence-electron chi connectivity index (χ0n) is 17.3. The number of nitrogens with zero attached hydrogens (tertiary/aromatic N) is 2. The van der Waals surface area contributed by atoms with E-state index in [0.29, 0.717) is 22.4 Å². The largest absolute Gasteiger partial charge is 0.508 e. The van der Waals surface area contributed by atoms with E-state index in [-0.39, 0.29) is 22.5 Å². The minimum atomic E-state index is -0.708. The molecule has 0 saturated heterocycles. The summed E-state index contributed by atoms with van der Waals surface area (Å²) >= 11 is 0. The van der Waals surface area contributed by atoms with Crippen LogP contribution in [-0.4, -0.2) is 16.0 Å². The topological polar surface area (TPSA) is 83.6 Å². The second-order valence-corrected chi connectivity index (χ2v) is 7.97. The molecule has 3 heterocycles. The summed E-state index contributed by atoms with van der Waals surface area (Å²) in [6, 6.07) is 13.0. The van der Waals surface area contributed by atoms with Crippen LogP contribution in [0.2, 0.25) is 0 Å². The summed E-state index contributed by atoms with van der Waals surface area (Å²) in [5.41, 5.74) is 4.04. The van der Waals surface area contributed by atoms with Gasteiger partial charge in [-0.2, -0.15) is 0 Å². The molecule has 6 heteroatoms. The van der Waals surface area contributed by atoms with Crippen LogP contribution in [0.5, 0.6) is 5.75 Å². The number of anilines is 1. The Hall–Kier alpha value is -3.93. The van der Waals surface area contributed by atoms with Crippen LogP contribution in [0.25, 0.3) is 11.0 Å². The van der Waals surface area contributed by atoms with E-state index in [0.717, 1.165) is 16.7 Å². The molecular weight excluding hydrogens is 392 g/mol. The Bertz CT molecular complexity index is 1400. The van der Waals surface area contributed by atoms with E-state index in [1.54, 1.807) is 30.5 Å². The molecule has 2 aromatic heterocycles. The fraction of sp³-hybridized carbons (Fsp3) is 0.160. The first kappa shape index (κ1) is 19.1. The van der Waals surface area contributed by atoms with E-state index < -0.39 is 11.9 Å². The standard InChI is InChI=1S/C25H20N2O4/c1-13-4-9-20(26-12-13)27-22(16-5-7-17(28)8-6-16)21-23(29)18-10-14(2)15(3)11-19(18)31-24(21)25(27)30/h4-12,22,28H,1-3H3/t22-/m0/s1. The lowest BCUT2D eigenvalue weighted by atomic mass is 9.97. The number of fused-ring (bicyclic) bond motifs is 2. The first-order chi connectivity index (χ1) is 14.8. The molecule has 5 rings (SSSR count). The van der Waals surface area contributed by atoms with Gasteiger partial charge in [-0.05, 0) is 73.4 Å². The molecule has 1 amide bonds. The van der Waals surface area contributed by atoms with Crippen LogP contribution in [-0.2, 0) is 0 Å². The van der Waals surface area contributed by atoms with Crippen molar-refractivity contribution >= 4 is 22.7 Å². The van der Waals surface area contributed by atoms with Gasteiger partial charge in [0.05, 0.1) is 17.0 Å². The van der Waals surface area contributed by atoms with Gasteiger partial charge in [-0.3, -0.25) is 14.5 Å². The molecule has 0 saturated carbocycles. The molecule has 2 aromatic carbocycles. The third kappa shape index (κ3) is 2.91. The van der Waals surface area contributed by atoms with Gasteiger partial charge in [-0.15, -0.1) is 0 Å². The predicted octanol–water partition coefficient (Wildman–Crippen LogP) is 4.57. The number of phenols is 1. The van der Waals surface area contributed by atoms with Gasteiger partial charge >= 0.3 is 0 Å². The Kier molecular flexibility index (Phi) is 4.18. The Morgan fingerprint density at radius 3 is 2.35 bits per heavy atom. The van der Waals surface area contributed by atoms with Gasteiger partial charge in [0.25, 0.3) is 5.91 Å². The molecular formula is C25H20N2O4. The number of hydrogen-bond donors (Lipinski definition) is 1. The van der Waals surface area contributed by atoms with Crippen LogP contribution >= 0.6 is 0 Å². The van der Waals surface area contributed by atoms with Crippen molar-refractivity contribution in [3.8, 4) is 5.75 Å². The number of hydrogen-bond acceptors (Lipinski definition) is 5. The van der Waals surface area contributed by atoms with Gasteiger partial charge in [-0.1, -0.05) is 18.2 Å². The minimum absolute atomic E-state index is 0.0289. The number of aryl methyl sites for hydroxylation is 3. The number of carbonyl (C=O) groups is 1. The Morgan fingerprint density at radius 2 is 1.68 bits per heavy atom. The number of carbonyl (C=O) groups excluding carboxylic acids is 1. The second-order valence-electron chi connectivity index (χ2n) is 7.97. The smallest absolute Gasteiger partial charge is 0.296 e. The molecule has 0 aliphatic carbocycles. The first-order valence-electron chi connectivity index (χ1n) is 9.98. The fourth-order valence-electron chi connectivity index (χ4n) is 4.04. The second kappa shape index (κ2) is 6.80. The van der Waals surface area contributed by atoms with Crippen molar-refractivity contribution in [3.05, 3.63) is 98.5 Å². The molecule has 1 aliphatic heterocycles. The summed E-state index contributed by atoms with van der Waals surface area (Å²) in [7, 11) is 0. The van der Waals surface area contributed by atoms with Crippen molar-refractivity contribution in [2.24, 2.45) is 0 Å². The maximum atomic E-state index is 13.6. The highest BCUT2D eigenvalue weighted by atomic mass is 16.3. The summed E-state index contributed by atoms with van der Waals surface area (Å²) in [6.07, 6.45) is 1.68. The van der Waals surface area contributed by atoms with E-state index in [1.165, 1.54) is 17.0 Å². The maximum Gasteiger partial charge on any atom is 0.296 e. The number of benzene rings is 2. The molecule has 0 bridgehead atoms. The number of rotatable bonds is 2. The predicted molar refractivity (Wildman–Crippen MR) is 118 cm³/mol. The lowest BCUT2D eigenvalue weighted by molar-refractivity contribution is 0.0970. The molecule has 1 atom stereocenters. The van der Waals surface area contributed by atoms with Crippen LogP contribution < -0.4 is 10.3 Å². The highest BCUT2D eigenvalue weighted by Gasteiger charge is 2.44. The van der Waals surface area contributed by atoms with Crippen molar-refractivity contribution in [2.75, 3.05) is 4.90 Å². The van der Waals surface area contributed by atoms with Crippen molar-refractivity contribution in [2.45, 2.75) is 26.8 Å². The number of aromatic hydroxyl groups is 1. The van der Waals surface area contributed by atoms with Crippen LogP contribution in [0, 0.1) is 20.8 Å². The summed E-state index contributed by atoms with van der Waals surface area (Å²) in [5.74, 6) is 0.142. The normalized spacial score (nSPS) is 15.5. The summed E-state index contributed by atoms with van der Waals surface area (Å²) in [6.45, 7) is 5.79. The Morgan fingerprint density at radius 1 is 0.968 bits per heavy atom. The molecule has 0 fully saturated rings. The van der Waals surface area contributed by atoms with E-state index in [1.807, 2.05) is 32.9 Å². The molecule has 154 valence electrons. The molecule has 1 N–H and O–H groups in total. The van der Waals surface area contributed by atoms with Gasteiger partial charge in [0, 0.05) is 6.20 Å². The van der Waals surface area contributed by atoms with Gasteiger partial charge in [0.1, 0.15) is 17.2 Å². The van der Waals surface area contributed by atoms with Gasteiger partial charge < -0.3 is 9.52 Å². The summed E-state index contributed by atoms with van der Waals surface area (Å²) < 4.78 is 6.02. The van der Waals surface area contributed by atoms with Crippen LogP contribution in [0.3, 0.4) is 0 Å². The number of pyridine rings is 1. The molecule has 6 nitrogen and oxygen atoms in total. The molecule has 4 aromatic rings. The monoisotopic (exact) mass is 412 g/mol. The third-order valence-electron chi connectivity index (χ3n) is 5.84. The zero-order valence-corrected chi connectivity index (χ0v) is 17.3. The van der Waals surface area contributed by atoms with Gasteiger partial charge in [0.2, 0.25) is 5.76 Å². The van der Waals surface area contributed by atoms with Crippen LogP contribution in [0.1, 0.15) is 44.4 Å². The Balaban J connectivity index is 1.82. The Labute approximate surface area is 178 Å². The number of amides is 1. The van der Waals surface area contributed by atoms with Crippen LogP contribution in [0.15, 0.2) is 63.9 Å². The fourth-order valence-corrected chi connectivity index (χ4v) is 4.04. The van der Waals surface area contributed by atoms with Crippen LogP contribution in [0.4, 0.5) is 5.82 Å². The van der Waals surface area contributed by atoms with E-state index in [9.17, 15) is 14.7 Å². The minimum Gasteiger partial charge on any atom is -0.508 e. The quantitative estimate of drug-likeness (QED) is 0.521. The van der Waals surface area contributed by atoms with Gasteiger partial charge in [-0.25, -0.2) is 4.98 Å². The summed E-state index contributed by atoms with van der Waals surface area (Å²) in [4.78, 5) is 33.0. The maximum absolute atomic E-state index is 13.6. The average Bonchev–Trinajstić information content (AvgIpc) is 3.04. The number of phenolic OH excluding ortho intramolecular Hbond substituents is 1. The molecule has 0 spiro atoms. The van der Waals surface area contributed by atoms with Crippen molar-refractivity contribution in [1.82, 2.24) is 4.98 Å². The first-order valence-corrected chi connectivity index (χ1v) is 9.98. The third-order valence-corrected chi connectivity index (χ3v) is 5.84. The van der Waals surface area contributed by atoms with Crippen molar-refractivity contribution < 1.29 is 14.3 Å². The summed E-state index contributed by atoms with van der Waals surface area (Å²) in [5, 5.41) is 10.2.